The first-order valence-electron chi connectivity index (χ1n) is 5.02. The SMILES string of the molecule is CC(C)OP(=S)(OC(C)C)SC(C)C(=O)[O-]. The molecule has 1 atom stereocenters. The lowest BCUT2D eigenvalue weighted by Crippen LogP contribution is -2.31. The maximum atomic E-state index is 10.7. The molecule has 0 radical (unpaired) electrons. The highest BCUT2D eigenvalue weighted by atomic mass is 32.9. The van der Waals surface area contributed by atoms with Crippen molar-refractivity contribution in [1.29, 1.82) is 0 Å². The van der Waals surface area contributed by atoms with Crippen LogP contribution < -0.4 is 5.11 Å². The fraction of sp³-hybridized carbons (Fsp3) is 0.889. The quantitative estimate of drug-likeness (QED) is 0.666. The maximum absolute atomic E-state index is 10.7. The van der Waals surface area contributed by atoms with Crippen LogP contribution in [0, 0.1) is 0 Å². The first-order valence-corrected chi connectivity index (χ1v) is 9.14. The molecular formula is C9H18O4PS2-. The summed E-state index contributed by atoms with van der Waals surface area (Å²) in [7, 11) is 0. The monoisotopic (exact) mass is 285 g/mol. The van der Waals surface area contributed by atoms with Crippen molar-refractivity contribution in [3.8, 4) is 0 Å². The molecule has 0 N–H and O–H groups in total. The minimum atomic E-state index is -2.61. The van der Waals surface area contributed by atoms with Gasteiger partial charge in [-0.25, -0.2) is 0 Å². The lowest BCUT2D eigenvalue weighted by atomic mass is 10.5. The van der Waals surface area contributed by atoms with Crippen LogP contribution in [0.15, 0.2) is 0 Å². The van der Waals surface area contributed by atoms with E-state index in [4.69, 9.17) is 20.9 Å². The molecule has 0 amide bonds. The molecule has 0 aliphatic heterocycles. The molecule has 0 aromatic carbocycles. The van der Waals surface area contributed by atoms with Crippen LogP contribution in [-0.2, 0) is 25.6 Å². The van der Waals surface area contributed by atoms with Gasteiger partial charge in [-0.05, 0) is 46.4 Å². The van der Waals surface area contributed by atoms with Crippen LogP contribution in [0.2, 0.25) is 0 Å². The Morgan fingerprint density at radius 3 is 1.81 bits per heavy atom. The molecule has 1 unspecified atom stereocenters. The van der Waals surface area contributed by atoms with Crippen molar-refractivity contribution < 1.29 is 18.9 Å². The Bertz CT molecular complexity index is 267. The largest absolute Gasteiger partial charge is 0.549 e. The van der Waals surface area contributed by atoms with E-state index in [0.29, 0.717) is 0 Å². The second-order valence-electron chi connectivity index (χ2n) is 3.82. The van der Waals surface area contributed by atoms with Crippen LogP contribution >= 0.6 is 17.1 Å². The summed E-state index contributed by atoms with van der Waals surface area (Å²) >= 11 is 6.32. The van der Waals surface area contributed by atoms with E-state index >= 15 is 0 Å². The predicted molar refractivity (Wildman–Crippen MR) is 68.8 cm³/mol. The Kier molecular flexibility index (Phi) is 7.14. The van der Waals surface area contributed by atoms with Crippen molar-refractivity contribution in [2.24, 2.45) is 0 Å². The summed E-state index contributed by atoms with van der Waals surface area (Å²) in [5.41, 5.74) is -2.61. The van der Waals surface area contributed by atoms with E-state index in [-0.39, 0.29) is 12.2 Å². The van der Waals surface area contributed by atoms with Gasteiger partial charge in [-0.1, -0.05) is 11.4 Å². The highest BCUT2D eigenvalue weighted by Crippen LogP contribution is 2.63. The fourth-order valence-electron chi connectivity index (χ4n) is 0.828. The van der Waals surface area contributed by atoms with Gasteiger partial charge < -0.3 is 18.9 Å². The van der Waals surface area contributed by atoms with Gasteiger partial charge in [-0.3, -0.25) is 0 Å². The molecule has 0 heterocycles. The fourth-order valence-corrected chi connectivity index (χ4v) is 7.43. The molecule has 0 rings (SSSR count). The standard InChI is InChI=1S/C9H19O4PS2/c1-6(2)12-14(15,13-7(3)4)16-8(5)9(10)11/h6-8H,1-5H3,(H,10,11)/p-1. The van der Waals surface area contributed by atoms with Gasteiger partial charge in [0.25, 0.3) is 0 Å². The van der Waals surface area contributed by atoms with E-state index in [1.807, 2.05) is 27.7 Å². The molecule has 0 fully saturated rings. The van der Waals surface area contributed by atoms with Crippen molar-refractivity contribution >= 4 is 34.9 Å². The molecule has 0 aromatic rings. The summed E-state index contributed by atoms with van der Waals surface area (Å²) in [6.07, 6.45) is -0.183. The van der Waals surface area contributed by atoms with Crippen LogP contribution in [0.4, 0.5) is 0 Å². The molecule has 4 nitrogen and oxygen atoms in total. The topological polar surface area (TPSA) is 58.6 Å². The molecule has 0 saturated carbocycles. The van der Waals surface area contributed by atoms with Crippen LogP contribution in [0.25, 0.3) is 0 Å². The van der Waals surface area contributed by atoms with Gasteiger partial charge in [-0.2, -0.15) is 0 Å². The van der Waals surface area contributed by atoms with Gasteiger partial charge >= 0.3 is 0 Å². The van der Waals surface area contributed by atoms with E-state index in [9.17, 15) is 9.90 Å². The normalized spacial score (nSPS) is 14.4. The van der Waals surface area contributed by atoms with Gasteiger partial charge in [0.2, 0.25) is 5.69 Å². The minimum absolute atomic E-state index is 0.0916. The Hall–Kier alpha value is 0.390. The predicted octanol–water partition coefficient (Wildman–Crippen LogP) is 1.93. The van der Waals surface area contributed by atoms with Crippen molar-refractivity contribution in [2.75, 3.05) is 0 Å². The number of aliphatic carboxylic acids is 1. The Balaban J connectivity index is 4.66. The van der Waals surface area contributed by atoms with E-state index in [2.05, 4.69) is 0 Å². The first-order chi connectivity index (χ1) is 7.16. The highest BCUT2D eigenvalue weighted by molar-refractivity contribution is 8.68. The second kappa shape index (κ2) is 6.97. The number of hydrogen-bond donors (Lipinski definition) is 0. The molecule has 96 valence electrons. The zero-order chi connectivity index (χ0) is 12.9. The smallest absolute Gasteiger partial charge is 0.248 e. The number of hydrogen-bond acceptors (Lipinski definition) is 6. The summed E-state index contributed by atoms with van der Waals surface area (Å²) in [5, 5.41) is 9.94. The van der Waals surface area contributed by atoms with Crippen molar-refractivity contribution in [3.63, 3.8) is 0 Å². The van der Waals surface area contributed by atoms with E-state index in [0.717, 1.165) is 11.4 Å². The van der Waals surface area contributed by atoms with Gasteiger partial charge in [0, 0.05) is 0 Å². The van der Waals surface area contributed by atoms with Crippen molar-refractivity contribution in [3.05, 3.63) is 0 Å². The average molecular weight is 285 g/mol. The van der Waals surface area contributed by atoms with Crippen molar-refractivity contribution in [1.82, 2.24) is 0 Å². The zero-order valence-electron chi connectivity index (χ0n) is 10.1. The molecule has 0 saturated heterocycles. The first kappa shape index (κ1) is 16.4. The van der Waals surface area contributed by atoms with Crippen LogP contribution in [0.5, 0.6) is 0 Å². The third-order valence-electron chi connectivity index (χ3n) is 1.30. The molecule has 0 spiro atoms. The lowest BCUT2D eigenvalue weighted by molar-refractivity contribution is -0.304. The molecule has 7 heteroatoms. The average Bonchev–Trinajstić information content (AvgIpc) is 1.98. The summed E-state index contributed by atoms with van der Waals surface area (Å²) < 4.78 is 11.1. The highest BCUT2D eigenvalue weighted by Gasteiger charge is 2.26. The maximum Gasteiger partial charge on any atom is 0.248 e. The van der Waals surface area contributed by atoms with Gasteiger partial charge in [0.1, 0.15) is 0 Å². The van der Waals surface area contributed by atoms with E-state index < -0.39 is 16.9 Å². The minimum Gasteiger partial charge on any atom is -0.549 e. The van der Waals surface area contributed by atoms with Gasteiger partial charge in [-0.15, -0.1) is 0 Å². The molecule has 0 aromatic heterocycles. The number of carboxylic acid groups (broad SMARTS) is 1. The van der Waals surface area contributed by atoms with Gasteiger partial charge in [0.15, 0.2) is 0 Å². The second-order valence-corrected chi connectivity index (χ2v) is 10.3. The third kappa shape index (κ3) is 6.86. The molecule has 0 bridgehead atoms. The number of carbonyl (C=O) groups is 1. The summed E-state index contributed by atoms with van der Waals surface area (Å²) in [4.78, 5) is 10.7. The van der Waals surface area contributed by atoms with E-state index in [1.54, 1.807) is 0 Å². The molecule has 0 aliphatic carbocycles. The molecule has 16 heavy (non-hydrogen) atoms. The Labute approximate surface area is 106 Å². The lowest BCUT2D eigenvalue weighted by Gasteiger charge is -2.28. The Morgan fingerprint density at radius 2 is 1.56 bits per heavy atom. The van der Waals surface area contributed by atoms with Crippen LogP contribution in [0.3, 0.4) is 0 Å². The Morgan fingerprint density at radius 1 is 1.19 bits per heavy atom. The molecule has 0 aliphatic rings. The number of carboxylic acids is 1. The van der Waals surface area contributed by atoms with Crippen LogP contribution in [-0.4, -0.2) is 23.4 Å². The van der Waals surface area contributed by atoms with Gasteiger partial charge in [0.05, 0.1) is 23.4 Å². The number of carbonyl (C=O) groups excluding carboxylic acids is 1. The van der Waals surface area contributed by atoms with Crippen molar-refractivity contribution in [2.45, 2.75) is 52.1 Å². The van der Waals surface area contributed by atoms with E-state index in [1.165, 1.54) is 6.92 Å². The molecular weight excluding hydrogens is 267 g/mol. The third-order valence-corrected chi connectivity index (χ3v) is 6.96. The number of rotatable bonds is 7. The zero-order valence-corrected chi connectivity index (χ0v) is 12.7. The summed E-state index contributed by atoms with van der Waals surface area (Å²) in [6.45, 7) is 8.89. The summed E-state index contributed by atoms with van der Waals surface area (Å²) in [5.74, 6) is -1.15. The van der Waals surface area contributed by atoms with Crippen LogP contribution in [0.1, 0.15) is 34.6 Å². The summed E-state index contributed by atoms with van der Waals surface area (Å²) in [6, 6.07) is 0.